The molecule has 3 N–H and O–H groups in total. The largest absolute Gasteiger partial charge is 0.296 e. The van der Waals surface area contributed by atoms with Crippen molar-refractivity contribution in [3.63, 3.8) is 0 Å². The highest BCUT2D eigenvalue weighted by atomic mass is 79.9. The fraction of sp³-hybridized carbons (Fsp3) is 0.625. The van der Waals surface area contributed by atoms with Gasteiger partial charge in [0, 0.05) is 16.1 Å². The van der Waals surface area contributed by atoms with E-state index >= 15 is 0 Å². The molecule has 118 valence electrons. The van der Waals surface area contributed by atoms with Gasteiger partial charge in [-0.15, -0.1) is 0 Å². The van der Waals surface area contributed by atoms with Crippen LogP contribution in [0.5, 0.6) is 0 Å². The van der Waals surface area contributed by atoms with E-state index in [1.54, 1.807) is 6.07 Å². The normalized spacial score (nSPS) is 20.4. The van der Waals surface area contributed by atoms with E-state index < -0.39 is 0 Å². The third-order valence-corrected chi connectivity index (χ3v) is 5.32. The molecule has 1 heterocycles. The zero-order chi connectivity index (χ0) is 15.5. The lowest BCUT2D eigenvalue weighted by atomic mass is 9.84. The van der Waals surface area contributed by atoms with Gasteiger partial charge in [0.05, 0.1) is 0 Å². The van der Waals surface area contributed by atoms with Crippen LogP contribution in [0.25, 0.3) is 0 Å². The van der Waals surface area contributed by atoms with Crippen molar-refractivity contribution in [2.24, 2.45) is 5.84 Å². The summed E-state index contributed by atoms with van der Waals surface area (Å²) in [7, 11) is 0. The molecule has 0 aliphatic carbocycles. The monoisotopic (exact) mass is 357 g/mol. The summed E-state index contributed by atoms with van der Waals surface area (Å²) in [5, 5.41) is 0. The zero-order valence-corrected chi connectivity index (χ0v) is 14.4. The summed E-state index contributed by atoms with van der Waals surface area (Å²) in [6.07, 6.45) is 4.23. The van der Waals surface area contributed by atoms with E-state index in [2.05, 4.69) is 40.1 Å². The highest BCUT2D eigenvalue weighted by molar-refractivity contribution is 9.10. The average molecular weight is 358 g/mol. The second kappa shape index (κ2) is 7.18. The number of nitrogens with zero attached hydrogens (tertiary/aromatic N) is 1. The Bertz CT molecular complexity index is 456. The predicted molar refractivity (Wildman–Crippen MR) is 88.4 cm³/mol. The van der Waals surface area contributed by atoms with Gasteiger partial charge in [-0.3, -0.25) is 16.2 Å². The molecule has 2 atom stereocenters. The van der Waals surface area contributed by atoms with Gasteiger partial charge in [0.1, 0.15) is 5.82 Å². The smallest absolute Gasteiger partial charge is 0.124 e. The molecule has 0 bridgehead atoms. The lowest BCUT2D eigenvalue weighted by Gasteiger charge is -2.44. The van der Waals surface area contributed by atoms with Gasteiger partial charge in [0.2, 0.25) is 0 Å². The van der Waals surface area contributed by atoms with Crippen LogP contribution in [-0.2, 0) is 6.42 Å². The van der Waals surface area contributed by atoms with Crippen LogP contribution in [0.15, 0.2) is 22.7 Å². The van der Waals surface area contributed by atoms with Crippen molar-refractivity contribution in [2.75, 3.05) is 13.1 Å². The van der Waals surface area contributed by atoms with Crippen LogP contribution in [0.4, 0.5) is 4.39 Å². The molecule has 1 aliphatic heterocycles. The fourth-order valence-electron chi connectivity index (χ4n) is 3.34. The van der Waals surface area contributed by atoms with Gasteiger partial charge in [0.25, 0.3) is 0 Å². The summed E-state index contributed by atoms with van der Waals surface area (Å²) in [5.41, 5.74) is 3.93. The molecule has 1 aromatic carbocycles. The van der Waals surface area contributed by atoms with Gasteiger partial charge >= 0.3 is 0 Å². The first-order valence-electron chi connectivity index (χ1n) is 7.65. The molecule has 0 spiro atoms. The summed E-state index contributed by atoms with van der Waals surface area (Å²) in [6, 6.07) is 5.13. The van der Waals surface area contributed by atoms with Crippen LogP contribution in [-0.4, -0.2) is 29.6 Å². The molecule has 21 heavy (non-hydrogen) atoms. The Morgan fingerprint density at radius 3 is 2.57 bits per heavy atom. The van der Waals surface area contributed by atoms with Gasteiger partial charge in [0.15, 0.2) is 0 Å². The first-order valence-corrected chi connectivity index (χ1v) is 8.45. The van der Waals surface area contributed by atoms with Gasteiger partial charge in [-0.25, -0.2) is 4.39 Å². The highest BCUT2D eigenvalue weighted by Crippen LogP contribution is 2.30. The highest BCUT2D eigenvalue weighted by Gasteiger charge is 2.38. The quantitative estimate of drug-likeness (QED) is 0.606. The van der Waals surface area contributed by atoms with Gasteiger partial charge in [-0.2, -0.15) is 0 Å². The number of benzene rings is 1. The number of nitrogens with one attached hydrogen (secondary N) is 1. The molecule has 1 saturated heterocycles. The number of rotatable bonds is 6. The Morgan fingerprint density at radius 1 is 1.38 bits per heavy atom. The van der Waals surface area contributed by atoms with Crippen LogP contribution < -0.4 is 11.3 Å². The second-order valence-corrected chi connectivity index (χ2v) is 7.02. The molecule has 1 aliphatic rings. The fourth-order valence-corrected chi connectivity index (χ4v) is 3.85. The van der Waals surface area contributed by atoms with Crippen molar-refractivity contribution < 1.29 is 4.39 Å². The van der Waals surface area contributed by atoms with Crippen LogP contribution in [0.1, 0.15) is 38.7 Å². The number of hydrogen-bond acceptors (Lipinski definition) is 3. The third-order valence-electron chi connectivity index (χ3n) is 4.86. The lowest BCUT2D eigenvalue weighted by Crippen LogP contribution is -2.61. The molecular weight excluding hydrogens is 333 g/mol. The zero-order valence-electron chi connectivity index (χ0n) is 12.8. The molecule has 1 aromatic rings. The number of halogens is 2. The Hall–Kier alpha value is -0.490. The van der Waals surface area contributed by atoms with Crippen LogP contribution in [0.2, 0.25) is 0 Å². The molecule has 5 heteroatoms. The van der Waals surface area contributed by atoms with E-state index in [0.29, 0.717) is 6.42 Å². The van der Waals surface area contributed by atoms with Crippen molar-refractivity contribution in [1.82, 2.24) is 10.3 Å². The molecule has 0 amide bonds. The Morgan fingerprint density at radius 2 is 2.05 bits per heavy atom. The minimum atomic E-state index is -0.213. The Balaban J connectivity index is 2.20. The molecule has 3 nitrogen and oxygen atoms in total. The lowest BCUT2D eigenvalue weighted by molar-refractivity contribution is 0.0840. The van der Waals surface area contributed by atoms with E-state index in [9.17, 15) is 4.39 Å². The topological polar surface area (TPSA) is 41.3 Å². The Kier molecular flexibility index (Phi) is 5.77. The summed E-state index contributed by atoms with van der Waals surface area (Å²) >= 11 is 3.36. The van der Waals surface area contributed by atoms with Gasteiger partial charge in [-0.05, 0) is 69.5 Å². The number of hydrazine groups is 1. The van der Waals surface area contributed by atoms with E-state index in [4.69, 9.17) is 5.84 Å². The summed E-state index contributed by atoms with van der Waals surface area (Å²) < 4.78 is 14.3. The summed E-state index contributed by atoms with van der Waals surface area (Å²) in [5.74, 6) is 5.63. The maximum Gasteiger partial charge on any atom is 0.124 e. The average Bonchev–Trinajstić information content (AvgIpc) is 2.97. The van der Waals surface area contributed by atoms with Gasteiger partial charge in [-0.1, -0.05) is 22.9 Å². The number of hydrogen-bond donors (Lipinski definition) is 2. The van der Waals surface area contributed by atoms with Crippen molar-refractivity contribution in [3.8, 4) is 0 Å². The second-order valence-electron chi connectivity index (χ2n) is 6.11. The van der Waals surface area contributed by atoms with Gasteiger partial charge < -0.3 is 0 Å². The van der Waals surface area contributed by atoms with Crippen molar-refractivity contribution in [3.05, 3.63) is 34.1 Å². The SMILES string of the molecule is CCC(C)(C(Cc1cc(F)cc(Br)c1)NN)N1CCCC1. The van der Waals surface area contributed by atoms with Crippen molar-refractivity contribution in [2.45, 2.75) is 51.1 Å². The van der Waals surface area contributed by atoms with E-state index in [0.717, 1.165) is 29.5 Å². The number of nitrogens with two attached hydrogens (primary N) is 1. The van der Waals surface area contributed by atoms with Crippen molar-refractivity contribution in [1.29, 1.82) is 0 Å². The molecular formula is C16H25BrFN3. The van der Waals surface area contributed by atoms with Crippen LogP contribution in [0, 0.1) is 5.82 Å². The predicted octanol–water partition coefficient (Wildman–Crippen LogP) is 3.23. The molecule has 0 radical (unpaired) electrons. The minimum absolute atomic E-state index is 0.00988. The first-order chi connectivity index (χ1) is 9.99. The first kappa shape index (κ1) is 16.9. The van der Waals surface area contributed by atoms with E-state index in [-0.39, 0.29) is 17.4 Å². The standard InChI is InChI=1S/C16H25BrFN3/c1-3-16(2,21-6-4-5-7-21)15(20-19)10-12-8-13(17)11-14(18)9-12/h8-9,11,15,20H,3-7,10,19H2,1-2H3. The Labute approximate surface area is 135 Å². The number of likely N-dealkylation sites (tertiary alicyclic amines) is 1. The molecule has 2 rings (SSSR count). The van der Waals surface area contributed by atoms with E-state index in [1.165, 1.54) is 18.9 Å². The summed E-state index contributed by atoms with van der Waals surface area (Å²) in [6.45, 7) is 6.70. The van der Waals surface area contributed by atoms with Crippen LogP contribution in [0.3, 0.4) is 0 Å². The van der Waals surface area contributed by atoms with Crippen LogP contribution >= 0.6 is 15.9 Å². The molecule has 0 aromatic heterocycles. The third kappa shape index (κ3) is 3.83. The maximum atomic E-state index is 13.6. The summed E-state index contributed by atoms with van der Waals surface area (Å²) in [4.78, 5) is 2.52. The van der Waals surface area contributed by atoms with E-state index in [1.807, 2.05) is 6.07 Å². The maximum absolute atomic E-state index is 13.6. The molecule has 2 unspecified atom stereocenters. The van der Waals surface area contributed by atoms with Crippen molar-refractivity contribution >= 4 is 15.9 Å². The molecule has 0 saturated carbocycles. The minimum Gasteiger partial charge on any atom is -0.296 e. The molecule has 1 fully saturated rings.